The number of hydrazone groups is 1. The van der Waals surface area contributed by atoms with Crippen molar-refractivity contribution in [3.05, 3.63) is 60.1 Å². The number of fused-ring (bicyclic) bond motifs is 2. The number of allylic oxidation sites excluding steroid dienone is 1. The van der Waals surface area contributed by atoms with Gasteiger partial charge in [-0.2, -0.15) is 0 Å². The van der Waals surface area contributed by atoms with Gasteiger partial charge in [0.2, 0.25) is 0 Å². The van der Waals surface area contributed by atoms with Gasteiger partial charge in [-0.05, 0) is 47.7 Å². The van der Waals surface area contributed by atoms with E-state index in [0.29, 0.717) is 12.4 Å². The minimum atomic E-state index is 0.0683. The maximum Gasteiger partial charge on any atom is 0.150 e. The zero-order valence-electron chi connectivity index (χ0n) is 16.1. The maximum atomic E-state index is 10.7. The molecule has 1 unspecified atom stereocenters. The molecule has 2 heterocycles. The number of hydrogen-bond acceptors (Lipinski definition) is 7. The predicted molar refractivity (Wildman–Crippen MR) is 111 cm³/mol. The number of amidine groups is 1. The average Bonchev–Trinajstić information content (AvgIpc) is 3.34. The number of pyridine rings is 1. The summed E-state index contributed by atoms with van der Waals surface area (Å²) < 4.78 is 0. The Labute approximate surface area is 164 Å². The Kier molecular flexibility index (Phi) is 4.60. The van der Waals surface area contributed by atoms with Crippen LogP contribution < -0.4 is 11.2 Å². The number of benzene rings is 1. The number of hydrogen-bond donors (Lipinski definition) is 2. The standard InChI is InChI=1S/C21H24N6O/c1-21-11-18(21)19(13-27(22)25-20(4-3-9-28)26(2)14-21)24-17-6-5-16-12-23-8-7-15(16)10-17/h3-10,12,24H,11,13-14,22H2,1-2H3/b4-3-,19-18+,25-20+. The summed E-state index contributed by atoms with van der Waals surface area (Å²) >= 11 is 0. The van der Waals surface area contributed by atoms with Crippen molar-refractivity contribution in [3.63, 3.8) is 0 Å². The van der Waals surface area contributed by atoms with Crippen LogP contribution in [0, 0.1) is 5.41 Å². The number of anilines is 1. The van der Waals surface area contributed by atoms with E-state index in [4.69, 9.17) is 5.84 Å². The molecule has 7 heteroatoms. The summed E-state index contributed by atoms with van der Waals surface area (Å²) in [5, 5.41) is 11.7. The highest BCUT2D eigenvalue weighted by molar-refractivity contribution is 5.95. The number of likely N-dealkylation sites (N-methyl/N-ethyl adjacent to an activating group) is 1. The number of aromatic nitrogens is 1. The molecule has 1 aromatic heterocycles. The lowest BCUT2D eigenvalue weighted by atomic mass is 10.1. The largest absolute Gasteiger partial charge is 0.357 e. The van der Waals surface area contributed by atoms with Gasteiger partial charge in [0, 0.05) is 48.2 Å². The fraction of sp³-hybridized carbons (Fsp3) is 0.286. The van der Waals surface area contributed by atoms with E-state index in [9.17, 15) is 4.79 Å². The zero-order chi connectivity index (χ0) is 19.7. The van der Waals surface area contributed by atoms with E-state index < -0.39 is 0 Å². The number of aldehydes is 1. The molecule has 28 heavy (non-hydrogen) atoms. The van der Waals surface area contributed by atoms with Crippen LogP contribution in [0.3, 0.4) is 0 Å². The first-order valence-electron chi connectivity index (χ1n) is 9.26. The Balaban J connectivity index is 1.64. The third-order valence-corrected chi connectivity index (χ3v) is 5.32. The molecule has 1 saturated carbocycles. The minimum Gasteiger partial charge on any atom is -0.357 e. The summed E-state index contributed by atoms with van der Waals surface area (Å²) in [6.07, 6.45) is 8.54. The number of nitrogens with two attached hydrogens (primary N) is 1. The van der Waals surface area contributed by atoms with Crippen LogP contribution in [0.4, 0.5) is 5.69 Å². The normalized spacial score (nSPS) is 26.9. The van der Waals surface area contributed by atoms with Crippen LogP contribution in [-0.2, 0) is 4.79 Å². The van der Waals surface area contributed by atoms with Gasteiger partial charge < -0.3 is 10.2 Å². The van der Waals surface area contributed by atoms with Crippen LogP contribution in [0.1, 0.15) is 13.3 Å². The second-order valence-corrected chi connectivity index (χ2v) is 7.66. The fourth-order valence-corrected chi connectivity index (χ4v) is 3.81. The average molecular weight is 376 g/mol. The Morgan fingerprint density at radius 1 is 1.29 bits per heavy atom. The van der Waals surface area contributed by atoms with Gasteiger partial charge in [0.05, 0.1) is 6.54 Å². The molecule has 4 rings (SSSR count). The first-order chi connectivity index (χ1) is 13.5. The predicted octanol–water partition coefficient (Wildman–Crippen LogP) is 2.50. The van der Waals surface area contributed by atoms with E-state index in [0.717, 1.165) is 41.4 Å². The molecule has 2 aromatic rings. The van der Waals surface area contributed by atoms with Crippen LogP contribution in [-0.4, -0.2) is 47.3 Å². The van der Waals surface area contributed by atoms with E-state index in [2.05, 4.69) is 40.5 Å². The molecule has 2 aliphatic rings. The smallest absolute Gasteiger partial charge is 0.150 e. The van der Waals surface area contributed by atoms with Crippen molar-refractivity contribution in [1.82, 2.24) is 15.0 Å². The zero-order valence-corrected chi connectivity index (χ0v) is 16.1. The van der Waals surface area contributed by atoms with Crippen molar-refractivity contribution >= 4 is 28.6 Å². The van der Waals surface area contributed by atoms with E-state index >= 15 is 0 Å². The molecule has 0 radical (unpaired) electrons. The second kappa shape index (κ2) is 7.09. The summed E-state index contributed by atoms with van der Waals surface area (Å²) in [5.41, 5.74) is 3.52. The number of carbonyl (C=O) groups excluding carboxylic acids is 1. The van der Waals surface area contributed by atoms with Crippen molar-refractivity contribution < 1.29 is 4.79 Å². The lowest BCUT2D eigenvalue weighted by Gasteiger charge is -2.23. The number of rotatable bonds is 4. The molecule has 1 atom stereocenters. The summed E-state index contributed by atoms with van der Waals surface area (Å²) in [6.45, 7) is 3.53. The van der Waals surface area contributed by atoms with Gasteiger partial charge in [0.25, 0.3) is 0 Å². The van der Waals surface area contributed by atoms with E-state index in [-0.39, 0.29) is 5.41 Å². The molecule has 0 saturated heterocycles. The number of nitrogens with one attached hydrogen (secondary N) is 1. The molecule has 144 valence electrons. The summed E-state index contributed by atoms with van der Waals surface area (Å²) in [6, 6.07) is 8.23. The Bertz CT molecular complexity index is 1010. The van der Waals surface area contributed by atoms with Gasteiger partial charge in [0.1, 0.15) is 12.1 Å². The molecule has 1 fully saturated rings. The van der Waals surface area contributed by atoms with Gasteiger partial charge in [0.15, 0.2) is 0 Å². The summed E-state index contributed by atoms with van der Waals surface area (Å²) in [5.74, 6) is 6.84. The minimum absolute atomic E-state index is 0.0683. The van der Waals surface area contributed by atoms with Crippen LogP contribution in [0.15, 0.2) is 65.2 Å². The fourth-order valence-electron chi connectivity index (χ4n) is 3.81. The molecule has 3 N–H and O–H groups in total. The molecular formula is C21H24N6O. The van der Waals surface area contributed by atoms with Crippen molar-refractivity contribution in [2.24, 2.45) is 16.4 Å². The lowest BCUT2D eigenvalue weighted by Crippen LogP contribution is -2.35. The first-order valence-corrected chi connectivity index (χ1v) is 9.26. The first kappa shape index (κ1) is 18.2. The molecule has 0 bridgehead atoms. The van der Waals surface area contributed by atoms with Crippen LogP contribution in [0.5, 0.6) is 0 Å². The molecular weight excluding hydrogens is 352 g/mol. The molecule has 1 aromatic carbocycles. The van der Waals surface area contributed by atoms with Crippen LogP contribution in [0.2, 0.25) is 0 Å². The summed E-state index contributed by atoms with van der Waals surface area (Å²) in [7, 11) is 1.97. The quantitative estimate of drug-likeness (QED) is 0.484. The second-order valence-electron chi connectivity index (χ2n) is 7.66. The van der Waals surface area contributed by atoms with Crippen molar-refractivity contribution in [1.29, 1.82) is 0 Å². The van der Waals surface area contributed by atoms with Gasteiger partial charge in [-0.3, -0.25) is 9.78 Å². The summed E-state index contributed by atoms with van der Waals surface area (Å²) in [4.78, 5) is 16.9. The highest BCUT2D eigenvalue weighted by Gasteiger charge is 2.48. The Morgan fingerprint density at radius 3 is 2.96 bits per heavy atom. The number of carbonyl (C=O) groups is 1. The van der Waals surface area contributed by atoms with Crippen molar-refractivity contribution in [3.8, 4) is 0 Å². The maximum absolute atomic E-state index is 10.7. The Morgan fingerprint density at radius 2 is 2.14 bits per heavy atom. The molecule has 0 amide bonds. The molecule has 0 spiro atoms. The van der Waals surface area contributed by atoms with Crippen LogP contribution >= 0.6 is 0 Å². The molecule has 1 aliphatic carbocycles. The van der Waals surface area contributed by atoms with Crippen molar-refractivity contribution in [2.75, 3.05) is 25.5 Å². The topological polar surface area (TPSA) is 86.8 Å². The van der Waals surface area contributed by atoms with E-state index in [1.807, 2.05) is 24.2 Å². The third-order valence-electron chi connectivity index (χ3n) is 5.32. The van der Waals surface area contributed by atoms with E-state index in [1.165, 1.54) is 16.8 Å². The molecule has 1 aliphatic heterocycles. The van der Waals surface area contributed by atoms with Gasteiger partial charge >= 0.3 is 0 Å². The highest BCUT2D eigenvalue weighted by atomic mass is 16.1. The van der Waals surface area contributed by atoms with Gasteiger partial charge in [-0.1, -0.05) is 13.0 Å². The van der Waals surface area contributed by atoms with E-state index in [1.54, 1.807) is 12.3 Å². The highest BCUT2D eigenvalue weighted by Crippen LogP contribution is 2.54. The number of nitrogens with zero attached hydrogens (tertiary/aromatic N) is 4. The van der Waals surface area contributed by atoms with Crippen molar-refractivity contribution in [2.45, 2.75) is 13.3 Å². The van der Waals surface area contributed by atoms with Crippen LogP contribution in [0.25, 0.3) is 10.8 Å². The SMILES string of the molecule is CN1CC2(C)C/C2=C(\Nc2ccc3cnccc3c2)CN(N)/N=C1\C=C/C=O. The monoisotopic (exact) mass is 376 g/mol. The third kappa shape index (κ3) is 3.61. The van der Waals surface area contributed by atoms with Gasteiger partial charge in [-0.15, -0.1) is 5.10 Å². The number of hydrazine groups is 1. The Hall–Kier alpha value is -3.19. The molecule has 7 nitrogen and oxygen atoms in total. The van der Waals surface area contributed by atoms with Gasteiger partial charge in [-0.25, -0.2) is 11.0 Å². The lowest BCUT2D eigenvalue weighted by molar-refractivity contribution is -0.104.